The summed E-state index contributed by atoms with van der Waals surface area (Å²) in [6.45, 7) is 4.28. The van der Waals surface area contributed by atoms with Crippen LogP contribution in [0.1, 0.15) is 56.3 Å². The molecule has 2 heterocycles. The van der Waals surface area contributed by atoms with Gasteiger partial charge in [0.05, 0.1) is 5.60 Å². The predicted octanol–water partition coefficient (Wildman–Crippen LogP) is 2.50. The maximum Gasteiger partial charge on any atom is 0.317 e. The Kier molecular flexibility index (Phi) is 5.33. The van der Waals surface area contributed by atoms with Crippen LogP contribution in [0.2, 0.25) is 0 Å². The minimum absolute atomic E-state index is 0.0193. The van der Waals surface area contributed by atoms with Crippen molar-refractivity contribution in [2.45, 2.75) is 57.0 Å². The van der Waals surface area contributed by atoms with Crippen LogP contribution in [0.5, 0.6) is 0 Å². The van der Waals surface area contributed by atoms with Crippen molar-refractivity contribution < 1.29 is 9.53 Å². The molecule has 0 unspecified atom stereocenters. The van der Waals surface area contributed by atoms with Crippen LogP contribution in [0.25, 0.3) is 0 Å². The number of hydrogen-bond acceptors (Lipinski definition) is 4. The predicted molar refractivity (Wildman–Crippen MR) is 91.9 cm³/mol. The van der Waals surface area contributed by atoms with E-state index in [0.29, 0.717) is 12.5 Å². The van der Waals surface area contributed by atoms with E-state index in [1.807, 2.05) is 17.3 Å². The van der Waals surface area contributed by atoms with Crippen LogP contribution in [0, 0.1) is 0 Å². The second-order valence-corrected chi connectivity index (χ2v) is 7.20. The Morgan fingerprint density at radius 2 is 2.08 bits per heavy atom. The van der Waals surface area contributed by atoms with Crippen molar-refractivity contribution in [2.24, 2.45) is 0 Å². The molecule has 6 heteroatoms. The minimum Gasteiger partial charge on any atom is -0.378 e. The van der Waals surface area contributed by atoms with Crippen molar-refractivity contribution in [1.29, 1.82) is 0 Å². The molecule has 1 saturated carbocycles. The highest BCUT2D eigenvalue weighted by Gasteiger charge is 2.29. The van der Waals surface area contributed by atoms with Crippen molar-refractivity contribution in [3.05, 3.63) is 23.8 Å². The van der Waals surface area contributed by atoms with Gasteiger partial charge in [-0.2, -0.15) is 0 Å². The van der Waals surface area contributed by atoms with Gasteiger partial charge in [0.25, 0.3) is 0 Å². The maximum atomic E-state index is 12.3. The van der Waals surface area contributed by atoms with Crippen molar-refractivity contribution >= 4 is 6.03 Å². The third-order valence-corrected chi connectivity index (χ3v) is 5.18. The lowest BCUT2D eigenvalue weighted by atomic mass is 9.97. The Hall–Kier alpha value is -1.69. The van der Waals surface area contributed by atoms with Crippen molar-refractivity contribution in [3.63, 3.8) is 0 Å². The summed E-state index contributed by atoms with van der Waals surface area (Å²) < 4.78 is 5.58. The van der Waals surface area contributed by atoms with Crippen LogP contribution < -0.4 is 5.32 Å². The monoisotopic (exact) mass is 332 g/mol. The van der Waals surface area contributed by atoms with E-state index in [1.54, 1.807) is 7.11 Å². The summed E-state index contributed by atoms with van der Waals surface area (Å²) in [5.41, 5.74) is 0.970. The molecule has 0 radical (unpaired) electrons. The standard InChI is InChI=1S/C18H28N4O2/c1-18(24-2)7-3-10-22(11-8-18)17(23)19-9-6-14-12-20-16(21-13-14)15-4-5-15/h12-13,15H,3-11H2,1-2H3,(H,19,23)/t18-/m1/s1. The first-order chi connectivity index (χ1) is 11.6. The van der Waals surface area contributed by atoms with Crippen LogP contribution in [-0.2, 0) is 11.2 Å². The Morgan fingerprint density at radius 1 is 1.33 bits per heavy atom. The molecule has 6 nitrogen and oxygen atoms in total. The lowest BCUT2D eigenvalue weighted by Crippen LogP contribution is -2.41. The number of urea groups is 1. The molecule has 1 N–H and O–H groups in total. The van der Waals surface area contributed by atoms with Crippen molar-refractivity contribution in [2.75, 3.05) is 26.7 Å². The number of carbonyl (C=O) groups excluding carboxylic acids is 1. The summed E-state index contributed by atoms with van der Waals surface area (Å²) in [5.74, 6) is 1.55. The molecule has 24 heavy (non-hydrogen) atoms. The largest absolute Gasteiger partial charge is 0.378 e. The summed E-state index contributed by atoms with van der Waals surface area (Å²) in [6.07, 6.45) is 9.84. The maximum absolute atomic E-state index is 12.3. The Morgan fingerprint density at radius 3 is 2.75 bits per heavy atom. The van der Waals surface area contributed by atoms with Gasteiger partial charge >= 0.3 is 6.03 Å². The number of likely N-dealkylation sites (tertiary alicyclic amines) is 1. The van der Waals surface area contributed by atoms with Gasteiger partial charge in [-0.1, -0.05) is 0 Å². The molecule has 2 amide bonds. The van der Waals surface area contributed by atoms with Gasteiger partial charge in [0.1, 0.15) is 5.82 Å². The SMILES string of the molecule is CO[C@]1(C)CCCN(C(=O)NCCc2cnc(C3CC3)nc2)CC1. The van der Waals surface area contributed by atoms with E-state index < -0.39 is 0 Å². The molecule has 0 spiro atoms. The van der Waals surface area contributed by atoms with Crippen molar-refractivity contribution in [1.82, 2.24) is 20.2 Å². The minimum atomic E-state index is -0.102. The molecular formula is C18H28N4O2. The molecule has 0 bridgehead atoms. The Balaban J connectivity index is 1.41. The molecule has 132 valence electrons. The first-order valence-corrected chi connectivity index (χ1v) is 8.98. The number of aromatic nitrogens is 2. The molecule has 1 aromatic heterocycles. The number of amides is 2. The van der Waals surface area contributed by atoms with Gasteiger partial charge in [0, 0.05) is 45.1 Å². The van der Waals surface area contributed by atoms with Gasteiger partial charge < -0.3 is 15.0 Å². The number of rotatable bonds is 5. The average molecular weight is 332 g/mol. The van der Waals surface area contributed by atoms with Crippen LogP contribution in [0.15, 0.2) is 12.4 Å². The molecule has 1 aromatic rings. The first kappa shape index (κ1) is 17.1. The number of nitrogens with one attached hydrogen (secondary N) is 1. The summed E-state index contributed by atoms with van der Waals surface area (Å²) in [7, 11) is 1.76. The fourth-order valence-corrected chi connectivity index (χ4v) is 3.13. The fraction of sp³-hybridized carbons (Fsp3) is 0.722. The summed E-state index contributed by atoms with van der Waals surface area (Å²) in [5, 5.41) is 3.01. The van der Waals surface area contributed by atoms with E-state index in [2.05, 4.69) is 22.2 Å². The zero-order chi connectivity index (χ0) is 17.0. The van der Waals surface area contributed by atoms with E-state index in [1.165, 1.54) is 12.8 Å². The van der Waals surface area contributed by atoms with Crippen molar-refractivity contribution in [3.8, 4) is 0 Å². The van der Waals surface area contributed by atoms with Crippen LogP contribution in [0.4, 0.5) is 4.79 Å². The van der Waals surface area contributed by atoms with Crippen LogP contribution in [-0.4, -0.2) is 53.2 Å². The zero-order valence-electron chi connectivity index (χ0n) is 14.8. The first-order valence-electron chi connectivity index (χ1n) is 8.98. The number of nitrogens with zero attached hydrogens (tertiary/aromatic N) is 3. The smallest absolute Gasteiger partial charge is 0.317 e. The normalized spacial score (nSPS) is 24.5. The second-order valence-electron chi connectivity index (χ2n) is 7.20. The van der Waals surface area contributed by atoms with Crippen LogP contribution >= 0.6 is 0 Å². The third kappa shape index (κ3) is 4.44. The highest BCUT2D eigenvalue weighted by molar-refractivity contribution is 5.74. The van der Waals surface area contributed by atoms with Gasteiger partial charge in [0.15, 0.2) is 0 Å². The highest BCUT2D eigenvalue weighted by Crippen LogP contribution is 2.37. The van der Waals surface area contributed by atoms with E-state index in [0.717, 1.165) is 50.2 Å². The van der Waals surface area contributed by atoms with E-state index in [-0.39, 0.29) is 11.6 Å². The van der Waals surface area contributed by atoms with Gasteiger partial charge in [0.2, 0.25) is 0 Å². The lowest BCUT2D eigenvalue weighted by Gasteiger charge is -2.26. The number of carbonyl (C=O) groups is 1. The number of methoxy groups -OCH3 is 1. The highest BCUT2D eigenvalue weighted by atomic mass is 16.5. The summed E-state index contributed by atoms with van der Waals surface area (Å²) >= 11 is 0. The number of hydrogen-bond donors (Lipinski definition) is 1. The molecule has 0 aromatic carbocycles. The molecule has 1 aliphatic carbocycles. The van der Waals surface area contributed by atoms with E-state index in [9.17, 15) is 4.79 Å². The van der Waals surface area contributed by atoms with Gasteiger partial charge in [-0.25, -0.2) is 14.8 Å². The fourth-order valence-electron chi connectivity index (χ4n) is 3.13. The Labute approximate surface area is 144 Å². The van der Waals surface area contributed by atoms with Crippen LogP contribution in [0.3, 0.4) is 0 Å². The van der Waals surface area contributed by atoms with E-state index in [4.69, 9.17) is 4.74 Å². The van der Waals surface area contributed by atoms with Gasteiger partial charge in [-0.15, -0.1) is 0 Å². The summed E-state index contributed by atoms with van der Waals surface area (Å²) in [6, 6.07) is 0.0193. The van der Waals surface area contributed by atoms with E-state index >= 15 is 0 Å². The number of ether oxygens (including phenoxy) is 1. The Bertz CT molecular complexity index is 559. The molecule has 2 fully saturated rings. The van der Waals surface area contributed by atoms with Gasteiger partial charge in [-0.05, 0) is 51.0 Å². The molecule has 2 aliphatic rings. The molecule has 1 saturated heterocycles. The zero-order valence-corrected chi connectivity index (χ0v) is 14.8. The lowest BCUT2D eigenvalue weighted by molar-refractivity contribution is -0.00499. The molecular weight excluding hydrogens is 304 g/mol. The van der Waals surface area contributed by atoms with Gasteiger partial charge in [-0.3, -0.25) is 0 Å². The average Bonchev–Trinajstić information content (AvgIpc) is 3.43. The summed E-state index contributed by atoms with van der Waals surface area (Å²) in [4.78, 5) is 23.1. The third-order valence-electron chi connectivity index (χ3n) is 5.18. The second kappa shape index (κ2) is 7.47. The molecule has 3 rings (SSSR count). The topological polar surface area (TPSA) is 67.3 Å². The molecule has 1 atom stereocenters. The quantitative estimate of drug-likeness (QED) is 0.899. The molecule has 1 aliphatic heterocycles.